The van der Waals surface area contributed by atoms with Crippen molar-refractivity contribution in [2.45, 2.75) is 12.8 Å². The second-order valence-corrected chi connectivity index (χ2v) is 7.59. The van der Waals surface area contributed by atoms with Gasteiger partial charge in [0, 0.05) is 19.3 Å². The fourth-order valence-corrected chi connectivity index (χ4v) is 3.98. The van der Waals surface area contributed by atoms with E-state index in [4.69, 9.17) is 0 Å². The molecule has 2 aromatic carbocycles. The zero-order valence-electron chi connectivity index (χ0n) is 17.0. The Balaban J connectivity index is 1.64. The van der Waals surface area contributed by atoms with Gasteiger partial charge in [-0.3, -0.25) is 14.8 Å². The van der Waals surface area contributed by atoms with Crippen molar-refractivity contribution in [3.63, 3.8) is 0 Å². The summed E-state index contributed by atoms with van der Waals surface area (Å²) in [5, 5.41) is 10.7. The van der Waals surface area contributed by atoms with E-state index < -0.39 is 17.1 Å². The van der Waals surface area contributed by atoms with Gasteiger partial charge >= 0.3 is 11.4 Å². The topological polar surface area (TPSA) is 139 Å². The highest BCUT2D eigenvalue weighted by Crippen LogP contribution is 2.34. The van der Waals surface area contributed by atoms with Gasteiger partial charge < -0.3 is 20.0 Å². The Bertz CT molecular complexity index is 1500. The van der Waals surface area contributed by atoms with Crippen molar-refractivity contribution in [2.75, 3.05) is 18.0 Å². The molecular formula is C22H20N6O4. The molecule has 162 valence electrons. The number of benzene rings is 2. The number of aromatic hydroxyl groups is 1. The van der Waals surface area contributed by atoms with Gasteiger partial charge in [-0.05, 0) is 37.1 Å². The van der Waals surface area contributed by atoms with E-state index >= 15 is 0 Å². The molecule has 32 heavy (non-hydrogen) atoms. The van der Waals surface area contributed by atoms with E-state index in [0.29, 0.717) is 22.4 Å². The van der Waals surface area contributed by atoms with Crippen LogP contribution in [0.3, 0.4) is 0 Å². The predicted octanol–water partition coefficient (Wildman–Crippen LogP) is 1.75. The molecular weight excluding hydrogens is 412 g/mol. The number of anilines is 1. The van der Waals surface area contributed by atoms with Gasteiger partial charge in [0.2, 0.25) is 5.88 Å². The largest absolute Gasteiger partial charge is 0.493 e. The Morgan fingerprint density at radius 2 is 1.62 bits per heavy atom. The summed E-state index contributed by atoms with van der Waals surface area (Å²) >= 11 is 0. The predicted molar refractivity (Wildman–Crippen MR) is 122 cm³/mol. The maximum atomic E-state index is 12.4. The SMILES string of the molecule is O=c1[nH]c2cc(N=Cc3c(O)n(-c4ccccc4)c(=O)[nH]c3=O)c(N3CCCC3)cc2[nH]1. The first-order valence-corrected chi connectivity index (χ1v) is 10.2. The highest BCUT2D eigenvalue weighted by atomic mass is 16.3. The van der Waals surface area contributed by atoms with Gasteiger partial charge in [-0.1, -0.05) is 18.2 Å². The van der Waals surface area contributed by atoms with Gasteiger partial charge in [0.1, 0.15) is 5.56 Å². The van der Waals surface area contributed by atoms with Crippen molar-refractivity contribution in [2.24, 2.45) is 4.99 Å². The summed E-state index contributed by atoms with van der Waals surface area (Å²) in [6.07, 6.45) is 3.33. The van der Waals surface area contributed by atoms with Crippen LogP contribution in [0.25, 0.3) is 16.7 Å². The summed E-state index contributed by atoms with van der Waals surface area (Å²) in [5.74, 6) is -0.507. The van der Waals surface area contributed by atoms with Crippen molar-refractivity contribution in [3.8, 4) is 11.6 Å². The lowest BCUT2D eigenvalue weighted by molar-refractivity contribution is 0.430. The molecule has 0 unspecified atom stereocenters. The average molecular weight is 432 g/mol. The van der Waals surface area contributed by atoms with Gasteiger partial charge in [-0.25, -0.2) is 14.2 Å². The van der Waals surface area contributed by atoms with Crippen LogP contribution in [0.1, 0.15) is 18.4 Å². The molecule has 2 aromatic heterocycles. The molecule has 0 radical (unpaired) electrons. The number of aromatic amines is 3. The number of para-hydroxylation sites is 1. The number of imidazole rings is 1. The number of nitrogens with zero attached hydrogens (tertiary/aromatic N) is 3. The van der Waals surface area contributed by atoms with Gasteiger partial charge in [0.05, 0.1) is 28.1 Å². The molecule has 0 bridgehead atoms. The molecule has 3 heterocycles. The smallest absolute Gasteiger partial charge is 0.335 e. The van der Waals surface area contributed by atoms with Crippen LogP contribution in [-0.2, 0) is 0 Å². The first-order valence-electron chi connectivity index (χ1n) is 10.2. The molecule has 10 heteroatoms. The maximum Gasteiger partial charge on any atom is 0.335 e. The van der Waals surface area contributed by atoms with Crippen molar-refractivity contribution >= 4 is 28.6 Å². The summed E-state index contributed by atoms with van der Waals surface area (Å²) in [7, 11) is 0. The van der Waals surface area contributed by atoms with E-state index in [-0.39, 0.29) is 11.3 Å². The fourth-order valence-electron chi connectivity index (χ4n) is 3.98. The quantitative estimate of drug-likeness (QED) is 0.364. The van der Waals surface area contributed by atoms with Crippen LogP contribution in [0.5, 0.6) is 5.88 Å². The Morgan fingerprint density at radius 3 is 2.34 bits per heavy atom. The van der Waals surface area contributed by atoms with Gasteiger partial charge in [-0.15, -0.1) is 0 Å². The normalized spacial score (nSPS) is 14.1. The number of hydrogen-bond acceptors (Lipinski definition) is 6. The van der Waals surface area contributed by atoms with Gasteiger partial charge in [0.25, 0.3) is 5.56 Å². The summed E-state index contributed by atoms with van der Waals surface area (Å²) in [6.45, 7) is 1.71. The second-order valence-electron chi connectivity index (χ2n) is 7.59. The van der Waals surface area contributed by atoms with E-state index in [1.54, 1.807) is 36.4 Å². The fraction of sp³-hybridized carbons (Fsp3) is 0.182. The summed E-state index contributed by atoms with van der Waals surface area (Å²) in [5.41, 5.74) is 1.03. The number of aliphatic imine (C=N–C) groups is 1. The Morgan fingerprint density at radius 1 is 0.938 bits per heavy atom. The standard InChI is InChI=1S/C22H20N6O4/c29-19-14(20(30)28(22(32)26-19)13-6-2-1-3-7-13)12-23-17-10-15-16(25-21(31)24-15)11-18(17)27-8-4-5-9-27/h1-3,6-7,10-12,30H,4-5,8-9H2,(H2,24,25,31)(H,26,29,32). The zero-order chi connectivity index (χ0) is 22.2. The molecule has 0 spiro atoms. The second kappa shape index (κ2) is 7.73. The highest BCUT2D eigenvalue weighted by molar-refractivity contribution is 5.91. The lowest BCUT2D eigenvalue weighted by Gasteiger charge is -2.19. The third-order valence-electron chi connectivity index (χ3n) is 5.53. The molecule has 0 saturated carbocycles. The summed E-state index contributed by atoms with van der Waals surface area (Å²) in [4.78, 5) is 50.8. The van der Waals surface area contributed by atoms with E-state index in [9.17, 15) is 19.5 Å². The molecule has 1 saturated heterocycles. The summed E-state index contributed by atoms with van der Waals surface area (Å²) < 4.78 is 1.01. The first-order chi connectivity index (χ1) is 15.5. The van der Waals surface area contributed by atoms with Crippen LogP contribution in [0.2, 0.25) is 0 Å². The molecule has 4 aromatic rings. The van der Waals surface area contributed by atoms with Crippen molar-refractivity contribution in [1.82, 2.24) is 19.5 Å². The number of fused-ring (bicyclic) bond motifs is 1. The van der Waals surface area contributed by atoms with Crippen LogP contribution >= 0.6 is 0 Å². The molecule has 0 atom stereocenters. The van der Waals surface area contributed by atoms with E-state index in [1.807, 2.05) is 6.07 Å². The molecule has 1 aliphatic heterocycles. The highest BCUT2D eigenvalue weighted by Gasteiger charge is 2.18. The van der Waals surface area contributed by atoms with Gasteiger partial charge in [-0.2, -0.15) is 0 Å². The maximum absolute atomic E-state index is 12.4. The molecule has 10 nitrogen and oxygen atoms in total. The minimum Gasteiger partial charge on any atom is -0.493 e. The van der Waals surface area contributed by atoms with Crippen molar-refractivity contribution in [1.29, 1.82) is 0 Å². The number of nitrogens with one attached hydrogen (secondary N) is 3. The monoisotopic (exact) mass is 432 g/mol. The number of hydrogen-bond donors (Lipinski definition) is 4. The van der Waals surface area contributed by atoms with E-state index in [2.05, 4.69) is 24.8 Å². The third kappa shape index (κ3) is 3.41. The van der Waals surface area contributed by atoms with Crippen LogP contribution in [-0.4, -0.2) is 43.9 Å². The third-order valence-corrected chi connectivity index (χ3v) is 5.53. The first kappa shape index (κ1) is 19.6. The lowest BCUT2D eigenvalue weighted by atomic mass is 10.2. The number of rotatable bonds is 4. The van der Waals surface area contributed by atoms with Crippen LogP contribution in [0, 0.1) is 0 Å². The van der Waals surface area contributed by atoms with E-state index in [1.165, 1.54) is 6.21 Å². The van der Waals surface area contributed by atoms with Crippen LogP contribution in [0.4, 0.5) is 11.4 Å². The molecule has 0 amide bonds. The Labute approximate surface area is 180 Å². The number of H-pyrrole nitrogens is 3. The van der Waals surface area contributed by atoms with Crippen LogP contribution < -0.4 is 21.8 Å². The minimum absolute atomic E-state index is 0.150. The zero-order valence-corrected chi connectivity index (χ0v) is 17.0. The summed E-state index contributed by atoms with van der Waals surface area (Å²) in [6, 6.07) is 12.1. The molecule has 5 rings (SSSR count). The van der Waals surface area contributed by atoms with Gasteiger partial charge in [0.15, 0.2) is 0 Å². The molecule has 1 aliphatic rings. The van der Waals surface area contributed by atoms with Crippen molar-refractivity contribution < 1.29 is 5.11 Å². The number of aromatic nitrogens is 4. The molecule has 4 N–H and O–H groups in total. The van der Waals surface area contributed by atoms with Crippen LogP contribution in [0.15, 0.2) is 61.8 Å². The average Bonchev–Trinajstić information content (AvgIpc) is 3.42. The van der Waals surface area contributed by atoms with E-state index in [0.717, 1.165) is 36.2 Å². The van der Waals surface area contributed by atoms with Crippen molar-refractivity contribution in [3.05, 3.63) is 79.4 Å². The molecule has 0 aliphatic carbocycles. The Kier molecular flexibility index (Phi) is 4.74. The minimum atomic E-state index is -0.750. The molecule has 1 fully saturated rings. The Hall–Kier alpha value is -4.34. The lowest BCUT2D eigenvalue weighted by Crippen LogP contribution is -2.31.